The van der Waals surface area contributed by atoms with Crippen LogP contribution in [0.15, 0.2) is 42.5 Å². The topological polar surface area (TPSA) is 102 Å². The van der Waals surface area contributed by atoms with Gasteiger partial charge in [-0.15, -0.1) is 0 Å². The van der Waals surface area contributed by atoms with Gasteiger partial charge >= 0.3 is 6.09 Å². The van der Waals surface area contributed by atoms with Crippen molar-refractivity contribution in [3.63, 3.8) is 0 Å². The van der Waals surface area contributed by atoms with E-state index in [0.717, 1.165) is 54.4 Å². The first-order valence-electron chi connectivity index (χ1n) is 13.7. The highest BCUT2D eigenvalue weighted by molar-refractivity contribution is 6.33. The molecule has 2 aromatic carbocycles. The molecule has 1 aliphatic heterocycles. The molecule has 2 aliphatic rings. The summed E-state index contributed by atoms with van der Waals surface area (Å²) < 4.78 is 0. The zero-order valence-corrected chi connectivity index (χ0v) is 23.1. The Kier molecular flexibility index (Phi) is 9.34. The standard InChI is InChI=1S/C30H40ClN3O4/c1-20-7-3-8-21(17-20)27-25(10-4-11-26(27)31)30(38,14-6-15-33-29(36)37)23-9-5-16-34(19-23)28(35)22-12-13-24(18-22)32-2/h3-4,7-8,10-11,17,22-24,32-33,38H,5-6,9,12-16,18-19H2,1-2H3,(H,36,37)/t22-,23-,24+,30+/m1/s1. The zero-order valence-electron chi connectivity index (χ0n) is 22.4. The van der Waals surface area contributed by atoms with E-state index in [1.807, 2.05) is 55.3 Å². The Labute approximate surface area is 230 Å². The summed E-state index contributed by atoms with van der Waals surface area (Å²) in [6, 6.07) is 14.1. The lowest BCUT2D eigenvalue weighted by molar-refractivity contribution is -0.140. The van der Waals surface area contributed by atoms with Crippen LogP contribution >= 0.6 is 11.6 Å². The van der Waals surface area contributed by atoms with Gasteiger partial charge in [0.15, 0.2) is 0 Å². The highest BCUT2D eigenvalue weighted by atomic mass is 35.5. The molecule has 4 atom stereocenters. The molecule has 4 rings (SSSR count). The van der Waals surface area contributed by atoms with E-state index in [1.165, 1.54) is 0 Å². The van der Waals surface area contributed by atoms with Crippen molar-refractivity contribution in [2.24, 2.45) is 11.8 Å². The molecule has 2 amide bonds. The van der Waals surface area contributed by atoms with Gasteiger partial charge in [0.2, 0.25) is 5.91 Å². The number of nitrogens with zero attached hydrogens (tertiary/aromatic N) is 1. The molecule has 2 fully saturated rings. The van der Waals surface area contributed by atoms with E-state index >= 15 is 0 Å². The number of carbonyl (C=O) groups excluding carboxylic acids is 1. The number of carbonyl (C=O) groups is 2. The fourth-order valence-electron chi connectivity index (χ4n) is 6.38. The van der Waals surface area contributed by atoms with Gasteiger partial charge in [-0.2, -0.15) is 0 Å². The van der Waals surface area contributed by atoms with Crippen LogP contribution in [0.5, 0.6) is 0 Å². The van der Waals surface area contributed by atoms with Crippen molar-refractivity contribution in [3.8, 4) is 11.1 Å². The Balaban J connectivity index is 1.67. The Morgan fingerprint density at radius 3 is 2.66 bits per heavy atom. The smallest absolute Gasteiger partial charge is 0.404 e. The highest BCUT2D eigenvalue weighted by Crippen LogP contribution is 2.46. The molecule has 1 aliphatic carbocycles. The number of rotatable bonds is 9. The lowest BCUT2D eigenvalue weighted by Gasteiger charge is -2.44. The first kappa shape index (κ1) is 28.4. The van der Waals surface area contributed by atoms with E-state index < -0.39 is 11.7 Å². The number of piperidine rings is 1. The van der Waals surface area contributed by atoms with Gasteiger partial charge in [-0.1, -0.05) is 53.6 Å². The lowest BCUT2D eigenvalue weighted by atomic mass is 9.72. The van der Waals surface area contributed by atoms with Crippen LogP contribution in [0.1, 0.15) is 56.1 Å². The molecule has 4 N–H and O–H groups in total. The van der Waals surface area contributed by atoms with E-state index in [1.54, 1.807) is 0 Å². The molecule has 0 radical (unpaired) electrons. The van der Waals surface area contributed by atoms with Crippen molar-refractivity contribution in [1.82, 2.24) is 15.5 Å². The second-order valence-electron chi connectivity index (χ2n) is 10.9. The Morgan fingerprint density at radius 1 is 1.16 bits per heavy atom. The van der Waals surface area contributed by atoms with Crippen molar-refractivity contribution in [1.29, 1.82) is 0 Å². The van der Waals surface area contributed by atoms with E-state index in [2.05, 4.69) is 16.7 Å². The fourth-order valence-corrected chi connectivity index (χ4v) is 6.67. The van der Waals surface area contributed by atoms with Crippen LogP contribution in [-0.4, -0.2) is 59.8 Å². The number of aryl methyl sites for hydroxylation is 1. The Hall–Kier alpha value is -2.61. The number of hydrogen-bond acceptors (Lipinski definition) is 4. The quantitative estimate of drug-likeness (QED) is 0.328. The van der Waals surface area contributed by atoms with Crippen molar-refractivity contribution in [2.45, 2.75) is 63.5 Å². The molecule has 2 aromatic rings. The van der Waals surface area contributed by atoms with Crippen LogP contribution in [0.25, 0.3) is 11.1 Å². The molecule has 0 unspecified atom stereocenters. The first-order chi connectivity index (χ1) is 18.2. The molecule has 1 saturated carbocycles. The maximum absolute atomic E-state index is 13.5. The number of hydrogen-bond donors (Lipinski definition) is 4. The van der Waals surface area contributed by atoms with E-state index in [-0.39, 0.29) is 24.3 Å². The second-order valence-corrected chi connectivity index (χ2v) is 11.3. The van der Waals surface area contributed by atoms with E-state index in [9.17, 15) is 14.7 Å². The Morgan fingerprint density at radius 2 is 1.95 bits per heavy atom. The number of halogens is 1. The average Bonchev–Trinajstić information content (AvgIpc) is 3.40. The molecule has 0 bridgehead atoms. The number of benzene rings is 2. The molecule has 206 valence electrons. The van der Waals surface area contributed by atoms with Gasteiger partial charge in [-0.25, -0.2) is 4.79 Å². The number of amides is 2. The number of nitrogens with one attached hydrogen (secondary N) is 2. The predicted octanol–water partition coefficient (Wildman–Crippen LogP) is 5.18. The van der Waals surface area contributed by atoms with Crippen LogP contribution in [0, 0.1) is 18.8 Å². The summed E-state index contributed by atoms with van der Waals surface area (Å²) >= 11 is 6.79. The molecule has 7 nitrogen and oxygen atoms in total. The summed E-state index contributed by atoms with van der Waals surface area (Å²) in [5.41, 5.74) is 2.27. The molecule has 1 saturated heterocycles. The predicted molar refractivity (Wildman–Crippen MR) is 150 cm³/mol. The van der Waals surface area contributed by atoms with Crippen LogP contribution in [0.4, 0.5) is 4.79 Å². The molecular weight excluding hydrogens is 502 g/mol. The van der Waals surface area contributed by atoms with Crippen LogP contribution in [0.2, 0.25) is 5.02 Å². The number of aliphatic hydroxyl groups is 1. The Bertz CT molecular complexity index is 1140. The van der Waals surface area contributed by atoms with Crippen molar-refractivity contribution in [3.05, 3.63) is 58.6 Å². The molecule has 8 heteroatoms. The summed E-state index contributed by atoms with van der Waals surface area (Å²) in [6.45, 7) is 3.44. The third-order valence-electron chi connectivity index (χ3n) is 8.40. The van der Waals surface area contributed by atoms with Crippen molar-refractivity contribution in [2.75, 3.05) is 26.7 Å². The van der Waals surface area contributed by atoms with Gasteiger partial charge < -0.3 is 25.7 Å². The summed E-state index contributed by atoms with van der Waals surface area (Å²) in [4.78, 5) is 26.5. The van der Waals surface area contributed by atoms with Gasteiger partial charge in [-0.3, -0.25) is 4.79 Å². The first-order valence-corrected chi connectivity index (χ1v) is 14.1. The second kappa shape index (κ2) is 12.5. The molecule has 38 heavy (non-hydrogen) atoms. The van der Waals surface area contributed by atoms with Crippen LogP contribution < -0.4 is 10.6 Å². The van der Waals surface area contributed by atoms with Crippen LogP contribution in [-0.2, 0) is 10.4 Å². The molecule has 0 spiro atoms. The van der Waals surface area contributed by atoms with Gasteiger partial charge in [0.05, 0.1) is 5.60 Å². The number of likely N-dealkylation sites (tertiary alicyclic amines) is 1. The molecule has 1 heterocycles. The fraction of sp³-hybridized carbons (Fsp3) is 0.533. The largest absolute Gasteiger partial charge is 0.465 e. The van der Waals surface area contributed by atoms with E-state index in [0.29, 0.717) is 37.0 Å². The van der Waals surface area contributed by atoms with Crippen LogP contribution in [0.3, 0.4) is 0 Å². The molecule has 0 aromatic heterocycles. The van der Waals surface area contributed by atoms with Crippen molar-refractivity contribution < 1.29 is 19.8 Å². The minimum atomic E-state index is -1.29. The lowest BCUT2D eigenvalue weighted by Crippen LogP contribution is -2.49. The van der Waals surface area contributed by atoms with Gasteiger partial charge in [0, 0.05) is 48.1 Å². The summed E-state index contributed by atoms with van der Waals surface area (Å²) in [5.74, 6) is 0.00832. The third-order valence-corrected chi connectivity index (χ3v) is 8.71. The monoisotopic (exact) mass is 541 g/mol. The normalized spacial score (nSPS) is 23.2. The van der Waals surface area contributed by atoms with Gasteiger partial charge in [0.1, 0.15) is 0 Å². The maximum Gasteiger partial charge on any atom is 0.404 e. The highest BCUT2D eigenvalue weighted by Gasteiger charge is 2.44. The summed E-state index contributed by atoms with van der Waals surface area (Å²) in [5, 5.41) is 27.9. The number of carboxylic acid groups (broad SMARTS) is 1. The summed E-state index contributed by atoms with van der Waals surface area (Å²) in [6.07, 6.45) is 4.07. The maximum atomic E-state index is 13.5. The zero-order chi connectivity index (χ0) is 27.3. The van der Waals surface area contributed by atoms with Gasteiger partial charge in [0.25, 0.3) is 0 Å². The van der Waals surface area contributed by atoms with E-state index in [4.69, 9.17) is 16.7 Å². The molecular formula is C30H40ClN3O4. The minimum absolute atomic E-state index is 0.0214. The van der Waals surface area contributed by atoms with Gasteiger partial charge in [-0.05, 0) is 76.1 Å². The van der Waals surface area contributed by atoms with Crippen molar-refractivity contribution >= 4 is 23.6 Å². The summed E-state index contributed by atoms with van der Waals surface area (Å²) in [7, 11) is 1.95. The minimum Gasteiger partial charge on any atom is -0.465 e. The third kappa shape index (κ3) is 6.33. The average molecular weight is 542 g/mol. The SMILES string of the molecule is CN[C@H]1CC[C@@H](C(=O)N2CCC[C@@H]([C@@](O)(CCCNC(=O)O)c3cccc(Cl)c3-c3cccc(C)c3)C2)C1.